The van der Waals surface area contributed by atoms with Gasteiger partial charge in [0.2, 0.25) is 0 Å². The molecule has 0 aliphatic carbocycles. The molecule has 0 atom stereocenters. The summed E-state index contributed by atoms with van der Waals surface area (Å²) in [6.45, 7) is 2.34. The molecule has 0 aromatic carbocycles. The summed E-state index contributed by atoms with van der Waals surface area (Å²) in [5.74, 6) is 0. The van der Waals surface area contributed by atoms with Crippen LogP contribution in [0.1, 0.15) is 13.3 Å². The lowest BCUT2D eigenvalue weighted by Gasteiger charge is -2.18. The van der Waals surface area contributed by atoms with Gasteiger partial charge in [0, 0.05) is 6.54 Å². The predicted octanol–water partition coefficient (Wildman–Crippen LogP) is 1.76. The van der Waals surface area contributed by atoms with Gasteiger partial charge < -0.3 is 0 Å². The Bertz CT molecular complexity index is 188. The van der Waals surface area contributed by atoms with Crippen LogP contribution in [-0.4, -0.2) is 37.5 Å². The highest BCUT2D eigenvalue weighted by Crippen LogP contribution is 2.15. The largest absolute Gasteiger partial charge is 0.522 e. The minimum Gasteiger partial charge on any atom is -0.291 e. The molecule has 0 aliphatic rings. The van der Waals surface area contributed by atoms with E-state index in [1.807, 2.05) is 13.0 Å². The molecule has 0 N–H and O–H groups in total. The van der Waals surface area contributed by atoms with E-state index in [9.17, 15) is 13.2 Å². The van der Waals surface area contributed by atoms with Crippen molar-refractivity contribution in [3.8, 4) is 6.07 Å². The van der Waals surface area contributed by atoms with Gasteiger partial charge in [-0.05, 0) is 13.0 Å². The highest BCUT2D eigenvalue weighted by Gasteiger charge is 2.28. The van der Waals surface area contributed by atoms with Crippen LogP contribution in [0.2, 0.25) is 0 Å². The van der Waals surface area contributed by atoms with Crippen molar-refractivity contribution in [3.05, 3.63) is 0 Å². The van der Waals surface area contributed by atoms with Crippen molar-refractivity contribution in [1.82, 2.24) is 4.90 Å². The van der Waals surface area contributed by atoms with Crippen molar-refractivity contribution in [2.75, 3.05) is 26.2 Å². The highest BCUT2D eigenvalue weighted by atomic mass is 19.4. The van der Waals surface area contributed by atoms with Crippen LogP contribution < -0.4 is 0 Å². The van der Waals surface area contributed by atoms with Gasteiger partial charge in [-0.25, -0.2) is 0 Å². The van der Waals surface area contributed by atoms with Crippen molar-refractivity contribution in [3.63, 3.8) is 0 Å². The first-order valence-electron chi connectivity index (χ1n) is 4.29. The van der Waals surface area contributed by atoms with E-state index in [0.29, 0.717) is 6.54 Å². The topological polar surface area (TPSA) is 36.3 Å². The van der Waals surface area contributed by atoms with Crippen molar-refractivity contribution < 1.29 is 17.9 Å². The summed E-state index contributed by atoms with van der Waals surface area (Å²) in [6.07, 6.45) is -3.78. The molecule has 0 aliphatic heterocycles. The van der Waals surface area contributed by atoms with Crippen molar-refractivity contribution >= 4 is 0 Å². The molecule has 0 aromatic rings. The van der Waals surface area contributed by atoms with Crippen molar-refractivity contribution in [2.45, 2.75) is 19.7 Å². The second kappa shape index (κ2) is 6.62. The van der Waals surface area contributed by atoms with Crippen LogP contribution in [0.4, 0.5) is 13.2 Å². The van der Waals surface area contributed by atoms with Gasteiger partial charge >= 0.3 is 6.36 Å². The number of hydrogen-bond acceptors (Lipinski definition) is 3. The molecule has 6 heteroatoms. The summed E-state index contributed by atoms with van der Waals surface area (Å²) in [4.78, 5) is 1.62. The van der Waals surface area contributed by atoms with E-state index >= 15 is 0 Å². The quantitative estimate of drug-likeness (QED) is 0.627. The first-order chi connectivity index (χ1) is 6.49. The van der Waals surface area contributed by atoms with Gasteiger partial charge in [0.1, 0.15) is 0 Å². The van der Waals surface area contributed by atoms with Gasteiger partial charge in [0.15, 0.2) is 0 Å². The molecule has 0 unspecified atom stereocenters. The third-order valence-corrected chi connectivity index (χ3v) is 1.51. The summed E-state index contributed by atoms with van der Waals surface area (Å²) < 4.78 is 38.3. The Morgan fingerprint density at radius 2 is 2.00 bits per heavy atom. The van der Waals surface area contributed by atoms with E-state index in [-0.39, 0.29) is 13.1 Å². The Hall–Kier alpha value is -0.800. The Morgan fingerprint density at radius 1 is 1.36 bits per heavy atom. The Balaban J connectivity index is 3.66. The zero-order chi connectivity index (χ0) is 11.0. The van der Waals surface area contributed by atoms with Crippen LogP contribution in [0.25, 0.3) is 0 Å². The molecule has 0 spiro atoms. The van der Waals surface area contributed by atoms with Crippen LogP contribution >= 0.6 is 0 Å². The van der Waals surface area contributed by atoms with E-state index in [1.54, 1.807) is 4.90 Å². The minimum atomic E-state index is -4.58. The number of rotatable bonds is 6. The van der Waals surface area contributed by atoms with Crippen LogP contribution in [0.3, 0.4) is 0 Å². The first-order valence-corrected chi connectivity index (χ1v) is 4.29. The van der Waals surface area contributed by atoms with Crippen LogP contribution in [-0.2, 0) is 4.74 Å². The summed E-state index contributed by atoms with van der Waals surface area (Å²) in [6, 6.07) is 1.89. The number of halogens is 3. The Kier molecular flexibility index (Phi) is 6.25. The summed E-state index contributed by atoms with van der Waals surface area (Å²) in [5, 5.41) is 8.37. The maximum Gasteiger partial charge on any atom is 0.522 e. The SMILES string of the molecule is CCCN(CC#N)CCOC(F)(F)F. The lowest BCUT2D eigenvalue weighted by molar-refractivity contribution is -0.324. The summed E-state index contributed by atoms with van der Waals surface area (Å²) in [5.41, 5.74) is 0. The second-order valence-electron chi connectivity index (χ2n) is 2.73. The molecule has 0 bridgehead atoms. The zero-order valence-electron chi connectivity index (χ0n) is 7.97. The second-order valence-corrected chi connectivity index (χ2v) is 2.73. The van der Waals surface area contributed by atoms with Gasteiger partial charge in [-0.1, -0.05) is 6.92 Å². The molecule has 0 radical (unpaired) electrons. The molecule has 0 fully saturated rings. The number of nitrogens with zero attached hydrogens (tertiary/aromatic N) is 2. The van der Waals surface area contributed by atoms with Gasteiger partial charge in [0.25, 0.3) is 0 Å². The smallest absolute Gasteiger partial charge is 0.291 e. The third-order valence-electron chi connectivity index (χ3n) is 1.51. The Labute approximate surface area is 81.1 Å². The van der Waals surface area contributed by atoms with E-state index < -0.39 is 13.0 Å². The number of ether oxygens (including phenoxy) is 1. The fourth-order valence-corrected chi connectivity index (χ4v) is 0.977. The normalized spacial score (nSPS) is 11.7. The lowest BCUT2D eigenvalue weighted by Crippen LogP contribution is -2.30. The number of nitriles is 1. The minimum absolute atomic E-state index is 0.126. The zero-order valence-corrected chi connectivity index (χ0v) is 7.97. The lowest BCUT2D eigenvalue weighted by atomic mass is 10.4. The average molecular weight is 210 g/mol. The van der Waals surface area contributed by atoms with Gasteiger partial charge in [-0.3, -0.25) is 9.64 Å². The summed E-state index contributed by atoms with van der Waals surface area (Å²) in [7, 11) is 0. The fourth-order valence-electron chi connectivity index (χ4n) is 0.977. The van der Waals surface area contributed by atoms with Crippen LogP contribution in [0, 0.1) is 11.3 Å². The van der Waals surface area contributed by atoms with Gasteiger partial charge in [0.05, 0.1) is 19.2 Å². The molecule has 14 heavy (non-hydrogen) atoms. The molecule has 0 aromatic heterocycles. The monoisotopic (exact) mass is 210 g/mol. The van der Waals surface area contributed by atoms with Gasteiger partial charge in [-0.15, -0.1) is 13.2 Å². The molecule has 0 heterocycles. The van der Waals surface area contributed by atoms with Crippen molar-refractivity contribution in [2.24, 2.45) is 0 Å². The third kappa shape index (κ3) is 7.83. The molecular weight excluding hydrogens is 197 g/mol. The summed E-state index contributed by atoms with van der Waals surface area (Å²) >= 11 is 0. The first kappa shape index (κ1) is 13.2. The standard InChI is InChI=1S/C8H13F3N2O/c1-2-4-13(5-3-12)6-7-14-8(9,10)11/h2,4-7H2,1H3. The molecule has 0 saturated carbocycles. The highest BCUT2D eigenvalue weighted by molar-refractivity contribution is 4.75. The molecule has 3 nitrogen and oxygen atoms in total. The van der Waals surface area contributed by atoms with E-state index in [1.165, 1.54) is 0 Å². The van der Waals surface area contributed by atoms with Crippen LogP contribution in [0.15, 0.2) is 0 Å². The molecule has 0 amide bonds. The van der Waals surface area contributed by atoms with Crippen LogP contribution in [0.5, 0.6) is 0 Å². The fraction of sp³-hybridized carbons (Fsp3) is 0.875. The van der Waals surface area contributed by atoms with E-state index in [4.69, 9.17) is 5.26 Å². The predicted molar refractivity (Wildman–Crippen MR) is 44.4 cm³/mol. The van der Waals surface area contributed by atoms with E-state index in [0.717, 1.165) is 6.42 Å². The maximum absolute atomic E-state index is 11.6. The average Bonchev–Trinajstić information content (AvgIpc) is 2.02. The number of hydrogen-bond donors (Lipinski definition) is 0. The molecule has 82 valence electrons. The van der Waals surface area contributed by atoms with E-state index in [2.05, 4.69) is 4.74 Å². The molecule has 0 rings (SSSR count). The van der Waals surface area contributed by atoms with Gasteiger partial charge in [-0.2, -0.15) is 5.26 Å². The van der Waals surface area contributed by atoms with Crippen molar-refractivity contribution in [1.29, 1.82) is 5.26 Å². The molecular formula is C8H13F3N2O. The molecule has 0 saturated heterocycles. The maximum atomic E-state index is 11.6. The number of alkyl halides is 3. The Morgan fingerprint density at radius 3 is 2.43 bits per heavy atom.